The van der Waals surface area contributed by atoms with Crippen LogP contribution in [0.2, 0.25) is 0 Å². The summed E-state index contributed by atoms with van der Waals surface area (Å²) in [6.45, 7) is 4.82. The Morgan fingerprint density at radius 3 is 2.47 bits per heavy atom. The molecule has 0 aromatic rings. The van der Waals surface area contributed by atoms with Gasteiger partial charge in [0.25, 0.3) is 0 Å². The van der Waals surface area contributed by atoms with Crippen LogP contribution < -0.4 is 5.32 Å². The molecule has 0 heterocycles. The molecule has 0 saturated heterocycles. The summed E-state index contributed by atoms with van der Waals surface area (Å²) < 4.78 is 0. The normalized spacial score (nSPS) is 19.2. The van der Waals surface area contributed by atoms with Crippen molar-refractivity contribution in [3.8, 4) is 0 Å². The second kappa shape index (κ2) is 7.25. The van der Waals surface area contributed by atoms with Gasteiger partial charge in [-0.15, -0.1) is 0 Å². The van der Waals surface area contributed by atoms with Crippen molar-refractivity contribution < 1.29 is 15.0 Å². The van der Waals surface area contributed by atoms with Gasteiger partial charge in [-0.3, -0.25) is 4.79 Å². The van der Waals surface area contributed by atoms with Crippen molar-refractivity contribution in [3.05, 3.63) is 0 Å². The van der Waals surface area contributed by atoms with Crippen LogP contribution >= 0.6 is 0 Å². The average Bonchev–Trinajstić information content (AvgIpc) is 2.35. The zero-order valence-corrected chi connectivity index (χ0v) is 12.4. The summed E-state index contributed by atoms with van der Waals surface area (Å²) in [6.07, 6.45) is 6.68. The van der Waals surface area contributed by atoms with E-state index < -0.39 is 5.60 Å². The van der Waals surface area contributed by atoms with Crippen molar-refractivity contribution in [2.24, 2.45) is 5.41 Å². The van der Waals surface area contributed by atoms with E-state index in [1.807, 2.05) is 13.8 Å². The van der Waals surface area contributed by atoms with Crippen molar-refractivity contribution in [1.29, 1.82) is 0 Å². The standard InChI is InChI=1S/C15H29NO3/c1-14(2,12-17)7-6-10-16-13(18)11-15(19)8-4-3-5-9-15/h17,19H,3-12H2,1-2H3,(H,16,18). The van der Waals surface area contributed by atoms with Crippen molar-refractivity contribution in [1.82, 2.24) is 5.32 Å². The van der Waals surface area contributed by atoms with E-state index in [1.54, 1.807) is 0 Å². The third kappa shape index (κ3) is 6.39. The molecule has 4 heteroatoms. The number of hydrogen-bond donors (Lipinski definition) is 3. The predicted octanol–water partition coefficient (Wildman–Crippen LogP) is 1.99. The van der Waals surface area contributed by atoms with E-state index in [-0.39, 0.29) is 24.3 Å². The zero-order chi connectivity index (χ0) is 14.4. The van der Waals surface area contributed by atoms with E-state index >= 15 is 0 Å². The fraction of sp³-hybridized carbons (Fsp3) is 0.933. The second-order valence-electron chi connectivity index (χ2n) is 6.74. The van der Waals surface area contributed by atoms with Crippen LogP contribution in [0.25, 0.3) is 0 Å². The second-order valence-corrected chi connectivity index (χ2v) is 6.74. The molecule has 1 fully saturated rings. The Morgan fingerprint density at radius 1 is 1.26 bits per heavy atom. The highest BCUT2D eigenvalue weighted by Gasteiger charge is 2.31. The van der Waals surface area contributed by atoms with E-state index in [2.05, 4.69) is 5.32 Å². The molecule has 0 atom stereocenters. The number of nitrogens with one attached hydrogen (secondary N) is 1. The predicted molar refractivity (Wildman–Crippen MR) is 75.8 cm³/mol. The first-order valence-corrected chi connectivity index (χ1v) is 7.47. The highest BCUT2D eigenvalue weighted by atomic mass is 16.3. The smallest absolute Gasteiger partial charge is 0.222 e. The number of amides is 1. The first kappa shape index (κ1) is 16.4. The van der Waals surface area contributed by atoms with Crippen molar-refractivity contribution >= 4 is 5.91 Å². The molecular formula is C15H29NO3. The third-order valence-corrected chi connectivity index (χ3v) is 4.05. The molecule has 1 aliphatic rings. The van der Waals surface area contributed by atoms with Crippen molar-refractivity contribution in [2.45, 2.75) is 70.8 Å². The summed E-state index contributed by atoms with van der Waals surface area (Å²) in [7, 11) is 0. The van der Waals surface area contributed by atoms with Crippen LogP contribution in [0.1, 0.15) is 65.2 Å². The van der Waals surface area contributed by atoms with Crippen LogP contribution in [0.4, 0.5) is 0 Å². The Labute approximate surface area is 116 Å². The lowest BCUT2D eigenvalue weighted by atomic mass is 9.82. The lowest BCUT2D eigenvalue weighted by molar-refractivity contribution is -0.127. The monoisotopic (exact) mass is 271 g/mol. The maximum absolute atomic E-state index is 11.8. The van der Waals surface area contributed by atoms with Gasteiger partial charge in [0.05, 0.1) is 12.0 Å². The van der Waals surface area contributed by atoms with Crippen LogP contribution in [0, 0.1) is 5.41 Å². The Balaban J connectivity index is 2.17. The molecule has 0 radical (unpaired) electrons. The lowest BCUT2D eigenvalue weighted by Crippen LogP contribution is -2.38. The molecule has 0 aromatic heterocycles. The van der Waals surface area contributed by atoms with Gasteiger partial charge in [-0.25, -0.2) is 0 Å². The summed E-state index contributed by atoms with van der Waals surface area (Å²) in [5.41, 5.74) is -0.848. The van der Waals surface area contributed by atoms with Crippen LogP contribution in [0.3, 0.4) is 0 Å². The SMILES string of the molecule is CC(C)(CO)CCCNC(=O)CC1(O)CCCCC1. The molecule has 19 heavy (non-hydrogen) atoms. The summed E-state index contributed by atoms with van der Waals surface area (Å²) in [6, 6.07) is 0. The van der Waals surface area contributed by atoms with Gasteiger partial charge in [0.2, 0.25) is 5.91 Å². The molecule has 1 saturated carbocycles. The first-order chi connectivity index (χ1) is 8.87. The minimum Gasteiger partial charge on any atom is -0.396 e. The van der Waals surface area contributed by atoms with Crippen LogP contribution in [0.15, 0.2) is 0 Å². The molecule has 112 valence electrons. The number of carbonyl (C=O) groups excluding carboxylic acids is 1. The molecule has 0 bridgehead atoms. The van der Waals surface area contributed by atoms with Gasteiger partial charge in [-0.1, -0.05) is 33.1 Å². The maximum Gasteiger partial charge on any atom is 0.222 e. The van der Waals surface area contributed by atoms with Gasteiger partial charge in [0.1, 0.15) is 0 Å². The Morgan fingerprint density at radius 2 is 1.89 bits per heavy atom. The Kier molecular flexibility index (Phi) is 6.27. The first-order valence-electron chi connectivity index (χ1n) is 7.47. The van der Waals surface area contributed by atoms with E-state index in [0.29, 0.717) is 6.54 Å². The molecule has 0 unspecified atom stereocenters. The summed E-state index contributed by atoms with van der Waals surface area (Å²) in [5, 5.41) is 22.3. The van der Waals surface area contributed by atoms with Gasteiger partial charge in [0, 0.05) is 13.2 Å². The van der Waals surface area contributed by atoms with Gasteiger partial charge < -0.3 is 15.5 Å². The third-order valence-electron chi connectivity index (χ3n) is 4.05. The summed E-state index contributed by atoms with van der Waals surface area (Å²) >= 11 is 0. The van der Waals surface area contributed by atoms with Crippen LogP contribution in [-0.4, -0.2) is 34.9 Å². The van der Waals surface area contributed by atoms with Crippen molar-refractivity contribution in [2.75, 3.05) is 13.2 Å². The maximum atomic E-state index is 11.8. The van der Waals surface area contributed by atoms with E-state index in [4.69, 9.17) is 5.11 Å². The van der Waals surface area contributed by atoms with E-state index in [9.17, 15) is 9.90 Å². The zero-order valence-electron chi connectivity index (χ0n) is 12.4. The Bertz CT molecular complexity index is 283. The number of aliphatic hydroxyl groups excluding tert-OH is 1. The highest BCUT2D eigenvalue weighted by molar-refractivity contribution is 5.76. The minimum absolute atomic E-state index is 0.0498. The lowest BCUT2D eigenvalue weighted by Gasteiger charge is -2.31. The molecular weight excluding hydrogens is 242 g/mol. The number of carbonyl (C=O) groups is 1. The number of rotatable bonds is 7. The van der Waals surface area contributed by atoms with Gasteiger partial charge in [-0.2, -0.15) is 0 Å². The van der Waals surface area contributed by atoms with Gasteiger partial charge in [0.15, 0.2) is 0 Å². The molecule has 1 amide bonds. The fourth-order valence-electron chi connectivity index (χ4n) is 2.62. The number of aliphatic hydroxyl groups is 2. The summed E-state index contributed by atoms with van der Waals surface area (Å²) in [5.74, 6) is -0.0498. The van der Waals surface area contributed by atoms with Gasteiger partial charge in [-0.05, 0) is 31.1 Å². The van der Waals surface area contributed by atoms with Gasteiger partial charge >= 0.3 is 0 Å². The fourth-order valence-corrected chi connectivity index (χ4v) is 2.62. The number of hydrogen-bond acceptors (Lipinski definition) is 3. The molecule has 0 aromatic carbocycles. The van der Waals surface area contributed by atoms with Crippen molar-refractivity contribution in [3.63, 3.8) is 0 Å². The van der Waals surface area contributed by atoms with Crippen LogP contribution in [-0.2, 0) is 4.79 Å². The molecule has 0 aliphatic heterocycles. The largest absolute Gasteiger partial charge is 0.396 e. The summed E-state index contributed by atoms with van der Waals surface area (Å²) in [4.78, 5) is 11.8. The minimum atomic E-state index is -0.771. The molecule has 1 rings (SSSR count). The van der Waals surface area contributed by atoms with Crippen LogP contribution in [0.5, 0.6) is 0 Å². The molecule has 3 N–H and O–H groups in total. The average molecular weight is 271 g/mol. The molecule has 1 aliphatic carbocycles. The topological polar surface area (TPSA) is 69.6 Å². The van der Waals surface area contributed by atoms with E-state index in [0.717, 1.165) is 38.5 Å². The molecule has 4 nitrogen and oxygen atoms in total. The molecule has 0 spiro atoms. The quantitative estimate of drug-likeness (QED) is 0.620. The van der Waals surface area contributed by atoms with E-state index in [1.165, 1.54) is 6.42 Å². The highest BCUT2D eigenvalue weighted by Crippen LogP contribution is 2.30. The Hall–Kier alpha value is -0.610.